The molecule has 1 rings (SSSR count). The second kappa shape index (κ2) is 3.89. The third-order valence-corrected chi connectivity index (χ3v) is 1.64. The maximum Gasteiger partial charge on any atom is 0.339 e. The summed E-state index contributed by atoms with van der Waals surface area (Å²) in [5, 5.41) is 0. The van der Waals surface area contributed by atoms with Gasteiger partial charge in [-0.1, -0.05) is 0 Å². The van der Waals surface area contributed by atoms with E-state index in [4.69, 9.17) is 4.74 Å². The van der Waals surface area contributed by atoms with Crippen molar-refractivity contribution in [3.05, 3.63) is 23.4 Å². The monoisotopic (exact) mass is 181 g/mol. The number of hydrogen-bond acceptors (Lipinski definition) is 4. The highest BCUT2D eigenvalue weighted by molar-refractivity contribution is 5.89. The molecule has 4 nitrogen and oxygen atoms in total. The van der Waals surface area contributed by atoms with Gasteiger partial charge in [0.15, 0.2) is 0 Å². The summed E-state index contributed by atoms with van der Waals surface area (Å²) in [6.07, 6.45) is 1.43. The van der Waals surface area contributed by atoms with E-state index in [2.05, 4.69) is 9.72 Å². The Bertz CT molecular complexity index is 323. The van der Waals surface area contributed by atoms with Crippen molar-refractivity contribution in [3.8, 4) is 5.88 Å². The molecule has 0 saturated heterocycles. The molecule has 0 aliphatic rings. The van der Waals surface area contributed by atoms with Crippen LogP contribution in [0.15, 0.2) is 12.3 Å². The predicted octanol–water partition coefficient (Wildman–Crippen LogP) is 1.19. The Balaban J connectivity index is 3.02. The Labute approximate surface area is 76.5 Å². The van der Waals surface area contributed by atoms with Crippen molar-refractivity contribution in [2.75, 3.05) is 14.2 Å². The number of carbonyl (C=O) groups is 1. The first kappa shape index (κ1) is 9.51. The molecular weight excluding hydrogens is 170 g/mol. The highest BCUT2D eigenvalue weighted by Crippen LogP contribution is 2.14. The van der Waals surface area contributed by atoms with Gasteiger partial charge in [-0.2, -0.15) is 0 Å². The van der Waals surface area contributed by atoms with Gasteiger partial charge in [0.2, 0.25) is 5.88 Å². The molecule has 0 amide bonds. The zero-order chi connectivity index (χ0) is 9.84. The van der Waals surface area contributed by atoms with Gasteiger partial charge in [0.05, 0.1) is 19.8 Å². The van der Waals surface area contributed by atoms with Gasteiger partial charge < -0.3 is 9.47 Å². The molecule has 4 heteroatoms. The van der Waals surface area contributed by atoms with E-state index in [0.29, 0.717) is 11.4 Å². The summed E-state index contributed by atoms with van der Waals surface area (Å²) in [7, 11) is 2.87. The Kier molecular flexibility index (Phi) is 2.84. The second-order valence-corrected chi connectivity index (χ2v) is 2.54. The Morgan fingerprint density at radius 1 is 1.46 bits per heavy atom. The van der Waals surface area contributed by atoms with Crippen LogP contribution >= 0.6 is 0 Å². The van der Waals surface area contributed by atoms with E-state index in [1.807, 2.05) is 6.92 Å². The number of aromatic nitrogens is 1. The molecule has 0 saturated carbocycles. The van der Waals surface area contributed by atoms with E-state index in [9.17, 15) is 4.79 Å². The smallest absolute Gasteiger partial charge is 0.339 e. The molecule has 0 atom stereocenters. The number of nitrogens with zero attached hydrogens (tertiary/aromatic N) is 1. The molecule has 0 N–H and O–H groups in total. The van der Waals surface area contributed by atoms with Gasteiger partial charge in [0.1, 0.15) is 0 Å². The minimum Gasteiger partial charge on any atom is -0.481 e. The van der Waals surface area contributed by atoms with Crippen LogP contribution in [-0.2, 0) is 4.74 Å². The standard InChI is InChI=1S/C9H11NO3/c1-6-4-7(9(11)13-3)5-10-8(6)12-2/h4-5H,1-3H3. The Morgan fingerprint density at radius 3 is 2.62 bits per heavy atom. The zero-order valence-electron chi connectivity index (χ0n) is 7.83. The lowest BCUT2D eigenvalue weighted by molar-refractivity contribution is 0.0600. The van der Waals surface area contributed by atoms with Gasteiger partial charge in [0.25, 0.3) is 0 Å². The predicted molar refractivity (Wildman–Crippen MR) is 46.9 cm³/mol. The fourth-order valence-corrected chi connectivity index (χ4v) is 1.01. The third kappa shape index (κ3) is 1.96. The first-order valence-corrected chi connectivity index (χ1v) is 3.78. The molecule has 70 valence electrons. The molecule has 0 bridgehead atoms. The topological polar surface area (TPSA) is 48.4 Å². The average molecular weight is 181 g/mol. The Morgan fingerprint density at radius 2 is 2.15 bits per heavy atom. The lowest BCUT2D eigenvalue weighted by Crippen LogP contribution is -2.03. The molecular formula is C9H11NO3. The van der Waals surface area contributed by atoms with Crippen molar-refractivity contribution < 1.29 is 14.3 Å². The van der Waals surface area contributed by atoms with Crippen LogP contribution < -0.4 is 4.74 Å². The lowest BCUT2D eigenvalue weighted by Gasteiger charge is -2.04. The normalized spacial score (nSPS) is 9.46. The van der Waals surface area contributed by atoms with Gasteiger partial charge in [-0.05, 0) is 13.0 Å². The van der Waals surface area contributed by atoms with E-state index in [0.717, 1.165) is 5.56 Å². The van der Waals surface area contributed by atoms with Gasteiger partial charge in [-0.25, -0.2) is 9.78 Å². The molecule has 1 heterocycles. The summed E-state index contributed by atoms with van der Waals surface area (Å²) in [6, 6.07) is 1.68. The number of esters is 1. The molecule has 0 fully saturated rings. The van der Waals surface area contributed by atoms with Crippen molar-refractivity contribution in [2.45, 2.75) is 6.92 Å². The molecule has 0 aliphatic carbocycles. The van der Waals surface area contributed by atoms with Crippen LogP contribution in [0.2, 0.25) is 0 Å². The summed E-state index contributed by atoms with van der Waals surface area (Å²) >= 11 is 0. The summed E-state index contributed by atoms with van der Waals surface area (Å²) in [6.45, 7) is 1.82. The SMILES string of the molecule is COC(=O)c1cnc(OC)c(C)c1. The molecule has 0 radical (unpaired) electrons. The fraction of sp³-hybridized carbons (Fsp3) is 0.333. The van der Waals surface area contributed by atoms with Gasteiger partial charge in [-0.3, -0.25) is 0 Å². The maximum absolute atomic E-state index is 11.1. The zero-order valence-corrected chi connectivity index (χ0v) is 7.83. The van der Waals surface area contributed by atoms with Crippen LogP contribution in [0.1, 0.15) is 15.9 Å². The number of rotatable bonds is 2. The average Bonchev–Trinajstić information content (AvgIpc) is 2.16. The van der Waals surface area contributed by atoms with Crippen molar-refractivity contribution in [2.24, 2.45) is 0 Å². The van der Waals surface area contributed by atoms with E-state index in [1.165, 1.54) is 20.4 Å². The van der Waals surface area contributed by atoms with Crippen LogP contribution in [-0.4, -0.2) is 25.2 Å². The summed E-state index contributed by atoms with van der Waals surface area (Å²) in [4.78, 5) is 15.0. The van der Waals surface area contributed by atoms with E-state index < -0.39 is 5.97 Å². The molecule has 1 aromatic rings. The number of carbonyl (C=O) groups excluding carboxylic acids is 1. The van der Waals surface area contributed by atoms with Gasteiger partial charge >= 0.3 is 5.97 Å². The fourth-order valence-electron chi connectivity index (χ4n) is 1.01. The second-order valence-electron chi connectivity index (χ2n) is 2.54. The van der Waals surface area contributed by atoms with Crippen LogP contribution in [0.4, 0.5) is 0 Å². The largest absolute Gasteiger partial charge is 0.481 e. The molecule has 0 spiro atoms. The summed E-state index contributed by atoms with van der Waals surface area (Å²) < 4.78 is 9.50. The van der Waals surface area contributed by atoms with Crippen molar-refractivity contribution in [3.63, 3.8) is 0 Å². The van der Waals surface area contributed by atoms with E-state index in [-0.39, 0.29) is 0 Å². The number of hydrogen-bond donors (Lipinski definition) is 0. The Hall–Kier alpha value is -1.58. The summed E-state index contributed by atoms with van der Waals surface area (Å²) in [5.74, 6) is 0.130. The number of ether oxygens (including phenoxy) is 2. The van der Waals surface area contributed by atoms with Crippen LogP contribution in [0.25, 0.3) is 0 Å². The number of methoxy groups -OCH3 is 2. The van der Waals surface area contributed by atoms with Gasteiger partial charge in [0, 0.05) is 11.8 Å². The van der Waals surface area contributed by atoms with Crippen molar-refractivity contribution >= 4 is 5.97 Å². The highest BCUT2D eigenvalue weighted by Gasteiger charge is 2.08. The van der Waals surface area contributed by atoms with Crippen LogP contribution in [0, 0.1) is 6.92 Å². The first-order valence-electron chi connectivity index (χ1n) is 3.78. The highest BCUT2D eigenvalue weighted by atomic mass is 16.5. The molecule has 13 heavy (non-hydrogen) atoms. The lowest BCUT2D eigenvalue weighted by atomic mass is 10.2. The van der Waals surface area contributed by atoms with E-state index in [1.54, 1.807) is 6.07 Å². The molecule has 0 aliphatic heterocycles. The maximum atomic E-state index is 11.1. The minimum atomic E-state index is -0.391. The number of pyridine rings is 1. The molecule has 0 unspecified atom stereocenters. The van der Waals surface area contributed by atoms with Crippen LogP contribution in [0.3, 0.4) is 0 Å². The third-order valence-electron chi connectivity index (χ3n) is 1.64. The van der Waals surface area contributed by atoms with E-state index >= 15 is 0 Å². The summed E-state index contributed by atoms with van der Waals surface area (Å²) in [5.41, 5.74) is 1.24. The van der Waals surface area contributed by atoms with Crippen LogP contribution in [0.5, 0.6) is 5.88 Å². The van der Waals surface area contributed by atoms with Crippen molar-refractivity contribution in [1.82, 2.24) is 4.98 Å². The first-order chi connectivity index (χ1) is 6.19. The quantitative estimate of drug-likeness (QED) is 0.643. The molecule has 0 aromatic carbocycles. The number of aryl methyl sites for hydroxylation is 1. The molecule has 1 aromatic heterocycles. The van der Waals surface area contributed by atoms with Gasteiger partial charge in [-0.15, -0.1) is 0 Å². The minimum absolute atomic E-state index is 0.391. The van der Waals surface area contributed by atoms with Crippen molar-refractivity contribution in [1.29, 1.82) is 0 Å².